The maximum absolute atomic E-state index is 12.1. The van der Waals surface area contributed by atoms with E-state index in [4.69, 9.17) is 14.2 Å². The van der Waals surface area contributed by atoms with Crippen molar-refractivity contribution < 1.29 is 28.6 Å². The van der Waals surface area contributed by atoms with Crippen LogP contribution in [0.15, 0.2) is 53.6 Å². The van der Waals surface area contributed by atoms with Crippen LogP contribution in [0.2, 0.25) is 0 Å². The van der Waals surface area contributed by atoms with Crippen LogP contribution in [0.5, 0.6) is 11.5 Å². The largest absolute Gasteiger partial charge is 0.497 e. The number of amides is 2. The minimum atomic E-state index is -0.454. The maximum Gasteiger partial charge on any atom is 0.338 e. The van der Waals surface area contributed by atoms with Gasteiger partial charge in [-0.3, -0.25) is 9.59 Å². The van der Waals surface area contributed by atoms with Crippen molar-refractivity contribution >= 4 is 29.2 Å². The third-order valence-corrected chi connectivity index (χ3v) is 3.90. The smallest absolute Gasteiger partial charge is 0.338 e. The number of nitrogens with one attached hydrogen (secondary N) is 2. The molecule has 0 unspecified atom stereocenters. The number of hydrogen-bond acceptors (Lipinski definition) is 7. The average Bonchev–Trinajstić information content (AvgIpc) is 2.77. The van der Waals surface area contributed by atoms with Gasteiger partial charge in [0.25, 0.3) is 5.91 Å². The summed E-state index contributed by atoms with van der Waals surface area (Å²) in [6.45, 7) is 3.42. The summed E-state index contributed by atoms with van der Waals surface area (Å²) in [6.07, 6.45) is -0.0146. The SMILES string of the molecule is CCOC(=O)c1ccc(NC(=O)CC(C)=NNC(=O)COc2ccc(OC)cc2)cc1. The Morgan fingerprint density at radius 3 is 2.19 bits per heavy atom. The number of hydrogen-bond donors (Lipinski definition) is 2. The van der Waals surface area contributed by atoms with E-state index in [0.29, 0.717) is 35.1 Å². The first-order chi connectivity index (χ1) is 14.9. The van der Waals surface area contributed by atoms with Crippen LogP contribution in [0.25, 0.3) is 0 Å². The molecule has 0 aliphatic heterocycles. The fourth-order valence-electron chi connectivity index (χ4n) is 2.39. The van der Waals surface area contributed by atoms with Crippen LogP contribution in [0.4, 0.5) is 5.69 Å². The van der Waals surface area contributed by atoms with Gasteiger partial charge in [0.1, 0.15) is 11.5 Å². The van der Waals surface area contributed by atoms with Gasteiger partial charge in [0, 0.05) is 11.4 Å². The van der Waals surface area contributed by atoms with E-state index < -0.39 is 11.9 Å². The number of carbonyl (C=O) groups is 3. The first-order valence-electron chi connectivity index (χ1n) is 9.57. The summed E-state index contributed by atoms with van der Waals surface area (Å²) < 4.78 is 15.3. The van der Waals surface area contributed by atoms with Crippen molar-refractivity contribution in [3.63, 3.8) is 0 Å². The third-order valence-electron chi connectivity index (χ3n) is 3.90. The Hall–Kier alpha value is -3.88. The van der Waals surface area contributed by atoms with E-state index in [-0.39, 0.29) is 18.9 Å². The van der Waals surface area contributed by atoms with Crippen molar-refractivity contribution in [1.82, 2.24) is 5.43 Å². The number of benzene rings is 2. The molecule has 2 aromatic carbocycles. The monoisotopic (exact) mass is 427 g/mol. The molecule has 0 atom stereocenters. The summed E-state index contributed by atoms with van der Waals surface area (Å²) in [4.78, 5) is 35.6. The van der Waals surface area contributed by atoms with Crippen molar-refractivity contribution in [2.45, 2.75) is 20.3 Å². The topological polar surface area (TPSA) is 115 Å². The minimum absolute atomic E-state index is 0.0146. The predicted molar refractivity (Wildman–Crippen MR) is 115 cm³/mol. The number of ether oxygens (including phenoxy) is 3. The van der Waals surface area contributed by atoms with E-state index in [9.17, 15) is 14.4 Å². The van der Waals surface area contributed by atoms with Gasteiger partial charge in [-0.1, -0.05) is 0 Å². The van der Waals surface area contributed by atoms with Crippen LogP contribution in [0, 0.1) is 0 Å². The number of hydrazone groups is 1. The second-order valence-electron chi connectivity index (χ2n) is 6.37. The van der Waals surface area contributed by atoms with E-state index in [1.165, 1.54) is 0 Å². The van der Waals surface area contributed by atoms with Gasteiger partial charge in [-0.05, 0) is 62.4 Å². The summed E-state index contributed by atoms with van der Waals surface area (Å²) in [6, 6.07) is 13.2. The van der Waals surface area contributed by atoms with Crippen molar-refractivity contribution in [3.8, 4) is 11.5 Å². The molecule has 9 heteroatoms. The van der Waals surface area contributed by atoms with Gasteiger partial charge in [-0.2, -0.15) is 5.10 Å². The highest BCUT2D eigenvalue weighted by molar-refractivity contribution is 6.05. The lowest BCUT2D eigenvalue weighted by atomic mass is 10.2. The molecule has 31 heavy (non-hydrogen) atoms. The third kappa shape index (κ3) is 8.17. The summed E-state index contributed by atoms with van der Waals surface area (Å²) in [5, 5.41) is 6.59. The molecular formula is C22H25N3O6. The molecule has 0 saturated carbocycles. The number of methoxy groups -OCH3 is 1. The zero-order chi connectivity index (χ0) is 22.6. The molecule has 0 saturated heterocycles. The molecule has 0 aliphatic carbocycles. The van der Waals surface area contributed by atoms with Crippen molar-refractivity contribution in [2.24, 2.45) is 5.10 Å². The van der Waals surface area contributed by atoms with E-state index in [1.54, 1.807) is 69.5 Å². The van der Waals surface area contributed by atoms with Gasteiger partial charge in [0.2, 0.25) is 5.91 Å². The fraction of sp³-hybridized carbons (Fsp3) is 0.273. The second kappa shape index (κ2) is 12.0. The predicted octanol–water partition coefficient (Wildman–Crippen LogP) is 2.77. The Bertz CT molecular complexity index is 923. The van der Waals surface area contributed by atoms with Crippen LogP contribution in [-0.2, 0) is 14.3 Å². The molecule has 2 amide bonds. The Balaban J connectivity index is 1.75. The highest BCUT2D eigenvalue weighted by Gasteiger charge is 2.09. The standard InChI is InChI=1S/C22H25N3O6/c1-4-30-22(28)16-5-7-17(8-6-16)23-20(26)13-15(2)24-25-21(27)14-31-19-11-9-18(29-3)10-12-19/h5-12H,4,13-14H2,1-3H3,(H,23,26)(H,25,27). The van der Waals surface area contributed by atoms with Crippen LogP contribution in [-0.4, -0.2) is 43.8 Å². The highest BCUT2D eigenvalue weighted by atomic mass is 16.5. The van der Waals surface area contributed by atoms with E-state index in [1.807, 2.05) is 0 Å². The Labute approximate surface area is 180 Å². The maximum atomic E-state index is 12.1. The molecule has 2 N–H and O–H groups in total. The number of rotatable bonds is 10. The Morgan fingerprint density at radius 1 is 0.935 bits per heavy atom. The summed E-state index contributed by atoms with van der Waals surface area (Å²) in [7, 11) is 1.56. The minimum Gasteiger partial charge on any atom is -0.497 e. The highest BCUT2D eigenvalue weighted by Crippen LogP contribution is 2.16. The van der Waals surface area contributed by atoms with Gasteiger partial charge in [-0.15, -0.1) is 0 Å². The number of anilines is 1. The molecule has 164 valence electrons. The lowest BCUT2D eigenvalue weighted by Crippen LogP contribution is -2.26. The number of carbonyl (C=O) groups excluding carboxylic acids is 3. The molecule has 2 aromatic rings. The quantitative estimate of drug-likeness (QED) is 0.342. The number of esters is 1. The van der Waals surface area contributed by atoms with Gasteiger partial charge in [0.05, 0.1) is 25.7 Å². The molecule has 0 bridgehead atoms. The molecule has 9 nitrogen and oxygen atoms in total. The van der Waals surface area contributed by atoms with E-state index >= 15 is 0 Å². The van der Waals surface area contributed by atoms with Gasteiger partial charge >= 0.3 is 5.97 Å². The number of nitrogens with zero attached hydrogens (tertiary/aromatic N) is 1. The molecule has 0 aromatic heterocycles. The Kier molecular flexibility index (Phi) is 9.03. The summed E-state index contributed by atoms with van der Waals surface area (Å²) in [5.74, 6) is 0.0179. The van der Waals surface area contributed by atoms with E-state index in [2.05, 4.69) is 15.8 Å². The first-order valence-corrected chi connectivity index (χ1v) is 9.57. The lowest BCUT2D eigenvalue weighted by molar-refractivity contribution is -0.123. The fourth-order valence-corrected chi connectivity index (χ4v) is 2.39. The summed E-state index contributed by atoms with van der Waals surface area (Å²) in [5.41, 5.74) is 3.69. The van der Waals surface area contributed by atoms with Crippen molar-refractivity contribution in [1.29, 1.82) is 0 Å². The average molecular weight is 427 g/mol. The van der Waals surface area contributed by atoms with Gasteiger partial charge in [0.15, 0.2) is 6.61 Å². The first kappa shape index (κ1) is 23.4. The summed E-state index contributed by atoms with van der Waals surface area (Å²) >= 11 is 0. The van der Waals surface area contributed by atoms with E-state index in [0.717, 1.165) is 0 Å². The molecule has 2 rings (SSSR count). The molecule has 0 spiro atoms. The van der Waals surface area contributed by atoms with Crippen molar-refractivity contribution in [2.75, 3.05) is 25.6 Å². The van der Waals surface area contributed by atoms with Crippen molar-refractivity contribution in [3.05, 3.63) is 54.1 Å². The van der Waals surface area contributed by atoms with Crippen LogP contribution in [0.1, 0.15) is 30.6 Å². The molecule has 0 heterocycles. The normalized spacial score (nSPS) is 10.7. The molecule has 0 radical (unpaired) electrons. The molecule has 0 fully saturated rings. The second-order valence-corrected chi connectivity index (χ2v) is 6.37. The van der Waals surface area contributed by atoms with Crippen LogP contribution in [0.3, 0.4) is 0 Å². The van der Waals surface area contributed by atoms with Gasteiger partial charge < -0.3 is 19.5 Å². The zero-order valence-electron chi connectivity index (χ0n) is 17.6. The zero-order valence-corrected chi connectivity index (χ0v) is 17.6. The molecule has 0 aliphatic rings. The lowest BCUT2D eigenvalue weighted by Gasteiger charge is -2.08. The molecular weight excluding hydrogens is 402 g/mol. The van der Waals surface area contributed by atoms with Gasteiger partial charge in [-0.25, -0.2) is 10.2 Å². The van der Waals surface area contributed by atoms with Crippen LogP contribution >= 0.6 is 0 Å². The Morgan fingerprint density at radius 2 is 1.58 bits per heavy atom. The van der Waals surface area contributed by atoms with Crippen LogP contribution < -0.4 is 20.2 Å².